The molecule has 0 aliphatic carbocycles. The van der Waals surface area contributed by atoms with Crippen molar-refractivity contribution in [3.8, 4) is 12.3 Å². The molecule has 94 valence electrons. The number of aromatic nitrogens is 1. The van der Waals surface area contributed by atoms with Gasteiger partial charge in [-0.15, -0.1) is 12.3 Å². The molecule has 0 fully saturated rings. The highest BCUT2D eigenvalue weighted by molar-refractivity contribution is 5.96. The lowest BCUT2D eigenvalue weighted by Crippen LogP contribution is -2.34. The van der Waals surface area contributed by atoms with Crippen LogP contribution in [0.5, 0.6) is 0 Å². The number of carboxylic acids is 1. The van der Waals surface area contributed by atoms with E-state index in [1.54, 1.807) is 0 Å². The first kappa shape index (κ1) is 13.7. The van der Waals surface area contributed by atoms with Crippen LogP contribution in [0.25, 0.3) is 0 Å². The standard InChI is InChI=1S/C13H14N2O3/c1-3-5-10(4-2)15-12(16)9-6-7-14-11(8-9)13(17)18/h1,6-8,10H,4-5H2,2H3,(H,15,16)(H,17,18). The molecular formula is C13H14N2O3. The Morgan fingerprint density at radius 1 is 1.61 bits per heavy atom. The van der Waals surface area contributed by atoms with E-state index in [1.807, 2.05) is 6.92 Å². The van der Waals surface area contributed by atoms with Gasteiger partial charge in [0.1, 0.15) is 5.69 Å². The molecule has 1 amide bonds. The summed E-state index contributed by atoms with van der Waals surface area (Å²) >= 11 is 0. The van der Waals surface area contributed by atoms with Crippen molar-refractivity contribution < 1.29 is 14.7 Å². The maximum absolute atomic E-state index is 11.9. The number of rotatable bonds is 5. The minimum Gasteiger partial charge on any atom is -0.477 e. The van der Waals surface area contributed by atoms with Crippen LogP contribution < -0.4 is 5.32 Å². The van der Waals surface area contributed by atoms with Crippen LogP contribution in [0.3, 0.4) is 0 Å². The molecule has 1 unspecified atom stereocenters. The number of terminal acetylenes is 1. The topological polar surface area (TPSA) is 79.3 Å². The second kappa shape index (κ2) is 6.40. The van der Waals surface area contributed by atoms with Crippen molar-refractivity contribution in [2.75, 3.05) is 0 Å². The molecule has 5 heteroatoms. The molecule has 0 aliphatic heterocycles. The Labute approximate surface area is 105 Å². The number of carbonyl (C=O) groups excluding carboxylic acids is 1. The van der Waals surface area contributed by atoms with Gasteiger partial charge in [0.25, 0.3) is 5.91 Å². The molecule has 1 atom stereocenters. The predicted molar refractivity (Wildman–Crippen MR) is 66.2 cm³/mol. The number of pyridine rings is 1. The number of hydrogen-bond donors (Lipinski definition) is 2. The van der Waals surface area contributed by atoms with Crippen LogP contribution in [0.2, 0.25) is 0 Å². The average molecular weight is 246 g/mol. The van der Waals surface area contributed by atoms with E-state index in [0.29, 0.717) is 12.8 Å². The smallest absolute Gasteiger partial charge is 0.354 e. The van der Waals surface area contributed by atoms with E-state index >= 15 is 0 Å². The Kier molecular flexibility index (Phi) is 4.88. The van der Waals surface area contributed by atoms with Crippen LogP contribution >= 0.6 is 0 Å². The third-order valence-electron chi connectivity index (χ3n) is 2.43. The third-order valence-corrected chi connectivity index (χ3v) is 2.43. The van der Waals surface area contributed by atoms with Crippen molar-refractivity contribution in [3.63, 3.8) is 0 Å². The van der Waals surface area contributed by atoms with Crippen molar-refractivity contribution >= 4 is 11.9 Å². The van der Waals surface area contributed by atoms with Crippen LogP contribution in [0.15, 0.2) is 18.3 Å². The molecule has 0 bridgehead atoms. The van der Waals surface area contributed by atoms with E-state index in [4.69, 9.17) is 11.5 Å². The Bertz CT molecular complexity index is 491. The average Bonchev–Trinajstić information content (AvgIpc) is 2.38. The van der Waals surface area contributed by atoms with Gasteiger partial charge in [-0.2, -0.15) is 0 Å². The van der Waals surface area contributed by atoms with Gasteiger partial charge in [-0.25, -0.2) is 9.78 Å². The molecule has 0 saturated carbocycles. The zero-order chi connectivity index (χ0) is 13.5. The Morgan fingerprint density at radius 3 is 2.89 bits per heavy atom. The van der Waals surface area contributed by atoms with Gasteiger partial charge in [0, 0.05) is 24.2 Å². The molecule has 0 aliphatic rings. The van der Waals surface area contributed by atoms with Crippen molar-refractivity contribution in [2.45, 2.75) is 25.8 Å². The van der Waals surface area contributed by atoms with Crippen molar-refractivity contribution in [1.82, 2.24) is 10.3 Å². The van der Waals surface area contributed by atoms with Gasteiger partial charge in [0.2, 0.25) is 0 Å². The molecule has 1 heterocycles. The maximum atomic E-state index is 11.9. The van der Waals surface area contributed by atoms with E-state index in [-0.39, 0.29) is 23.2 Å². The molecular weight excluding hydrogens is 232 g/mol. The molecule has 1 aromatic rings. The molecule has 5 nitrogen and oxygen atoms in total. The first-order valence-electron chi connectivity index (χ1n) is 5.52. The van der Waals surface area contributed by atoms with Crippen LogP contribution in [-0.2, 0) is 0 Å². The summed E-state index contributed by atoms with van der Waals surface area (Å²) in [7, 11) is 0. The number of aromatic carboxylic acids is 1. The molecule has 18 heavy (non-hydrogen) atoms. The van der Waals surface area contributed by atoms with Crippen LogP contribution in [-0.4, -0.2) is 28.0 Å². The molecule has 1 rings (SSSR count). The summed E-state index contributed by atoms with van der Waals surface area (Å²) in [5, 5.41) is 11.5. The SMILES string of the molecule is C#CCC(CC)NC(=O)c1ccnc(C(=O)O)c1. The van der Waals surface area contributed by atoms with Crippen molar-refractivity contribution in [2.24, 2.45) is 0 Å². The zero-order valence-electron chi connectivity index (χ0n) is 10.0. The number of nitrogens with one attached hydrogen (secondary N) is 1. The van der Waals surface area contributed by atoms with Crippen LogP contribution in [0.1, 0.15) is 40.6 Å². The highest BCUT2D eigenvalue weighted by atomic mass is 16.4. The fraction of sp³-hybridized carbons (Fsp3) is 0.308. The highest BCUT2D eigenvalue weighted by Gasteiger charge is 2.13. The second-order valence-electron chi connectivity index (χ2n) is 3.72. The summed E-state index contributed by atoms with van der Waals surface area (Å²) in [5.74, 6) is 0.972. The highest BCUT2D eigenvalue weighted by Crippen LogP contribution is 2.04. The number of carboxylic acid groups (broad SMARTS) is 1. The zero-order valence-corrected chi connectivity index (χ0v) is 10.0. The largest absolute Gasteiger partial charge is 0.477 e. The normalized spacial score (nSPS) is 11.3. The minimum absolute atomic E-state index is 0.107. The van der Waals surface area contributed by atoms with Gasteiger partial charge in [-0.1, -0.05) is 6.92 Å². The summed E-state index contributed by atoms with van der Waals surface area (Å²) in [6.07, 6.45) is 7.65. The van der Waals surface area contributed by atoms with Crippen LogP contribution in [0, 0.1) is 12.3 Å². The van der Waals surface area contributed by atoms with Gasteiger partial charge in [-0.05, 0) is 18.6 Å². The van der Waals surface area contributed by atoms with E-state index in [9.17, 15) is 9.59 Å². The number of carbonyl (C=O) groups is 2. The lowest BCUT2D eigenvalue weighted by atomic mass is 10.1. The predicted octanol–water partition coefficient (Wildman–Crippen LogP) is 1.31. The number of amides is 1. The first-order chi connectivity index (χ1) is 8.58. The molecule has 0 aromatic carbocycles. The monoisotopic (exact) mass is 246 g/mol. The lowest BCUT2D eigenvalue weighted by molar-refractivity contribution is 0.0690. The summed E-state index contributed by atoms with van der Waals surface area (Å²) in [5.41, 5.74) is 0.102. The maximum Gasteiger partial charge on any atom is 0.354 e. The van der Waals surface area contributed by atoms with Crippen LogP contribution in [0.4, 0.5) is 0 Å². The minimum atomic E-state index is -1.17. The van der Waals surface area contributed by atoms with E-state index in [2.05, 4.69) is 16.2 Å². The van der Waals surface area contributed by atoms with Gasteiger partial charge in [0.05, 0.1) is 0 Å². The molecule has 2 N–H and O–H groups in total. The molecule has 0 spiro atoms. The number of hydrogen-bond acceptors (Lipinski definition) is 3. The van der Waals surface area contributed by atoms with Gasteiger partial charge >= 0.3 is 5.97 Å². The summed E-state index contributed by atoms with van der Waals surface area (Å²) < 4.78 is 0. The Balaban J connectivity index is 2.81. The lowest BCUT2D eigenvalue weighted by Gasteiger charge is -2.14. The number of nitrogens with zero attached hydrogens (tertiary/aromatic N) is 1. The fourth-order valence-electron chi connectivity index (χ4n) is 1.40. The molecule has 1 aromatic heterocycles. The van der Waals surface area contributed by atoms with Crippen molar-refractivity contribution in [3.05, 3.63) is 29.6 Å². The van der Waals surface area contributed by atoms with Crippen molar-refractivity contribution in [1.29, 1.82) is 0 Å². The fourth-order valence-corrected chi connectivity index (χ4v) is 1.40. The molecule has 0 radical (unpaired) electrons. The summed E-state index contributed by atoms with van der Waals surface area (Å²) in [4.78, 5) is 26.2. The first-order valence-corrected chi connectivity index (χ1v) is 5.52. The second-order valence-corrected chi connectivity index (χ2v) is 3.72. The molecule has 0 saturated heterocycles. The summed E-state index contributed by atoms with van der Waals surface area (Å²) in [6, 6.07) is 2.59. The van der Waals surface area contributed by atoms with E-state index in [0.717, 1.165) is 0 Å². The third kappa shape index (κ3) is 3.59. The van der Waals surface area contributed by atoms with Gasteiger partial charge in [-0.3, -0.25) is 4.79 Å². The van der Waals surface area contributed by atoms with Gasteiger partial charge in [0.15, 0.2) is 0 Å². The Morgan fingerprint density at radius 2 is 2.33 bits per heavy atom. The van der Waals surface area contributed by atoms with Gasteiger partial charge < -0.3 is 10.4 Å². The summed E-state index contributed by atoms with van der Waals surface area (Å²) in [6.45, 7) is 1.91. The quantitative estimate of drug-likeness (QED) is 0.768. The van der Waals surface area contributed by atoms with E-state index in [1.165, 1.54) is 18.3 Å². The van der Waals surface area contributed by atoms with E-state index < -0.39 is 5.97 Å². The Hall–Kier alpha value is -2.35.